The van der Waals surface area contributed by atoms with Gasteiger partial charge in [-0.1, -0.05) is 17.4 Å². The molecule has 1 heterocycles. The molecule has 6 heteroatoms. The molecule has 0 atom stereocenters. The summed E-state index contributed by atoms with van der Waals surface area (Å²) < 4.78 is 28.9. The quantitative estimate of drug-likeness (QED) is 0.679. The Morgan fingerprint density at radius 2 is 1.86 bits per heavy atom. The fraction of sp³-hybridized carbons (Fsp3) is 0.0667. The Bertz CT molecular complexity index is 894. The minimum Gasteiger partial charge on any atom is -0.317 e. The number of hydrogen-bond donors (Lipinski definition) is 0. The van der Waals surface area contributed by atoms with E-state index >= 15 is 0 Å². The Labute approximate surface area is 122 Å². The lowest BCUT2D eigenvalue weighted by Gasteiger charge is -1.97. The second-order valence-corrected chi connectivity index (χ2v) is 5.46. The number of hydrogen-bond acceptors (Lipinski definition) is 2. The number of amides is 1. The van der Waals surface area contributed by atoms with Crippen molar-refractivity contribution >= 4 is 27.5 Å². The van der Waals surface area contributed by atoms with Crippen molar-refractivity contribution in [1.29, 1.82) is 0 Å². The van der Waals surface area contributed by atoms with Gasteiger partial charge in [0.1, 0.15) is 11.6 Å². The SMILES string of the molecule is Cn1c(=NC(=O)c2ccc(F)cc2)sc2cccc(F)c21. The summed E-state index contributed by atoms with van der Waals surface area (Å²) in [6.45, 7) is 0. The minimum atomic E-state index is -0.488. The Morgan fingerprint density at radius 3 is 2.52 bits per heavy atom. The van der Waals surface area contributed by atoms with Gasteiger partial charge in [-0.05, 0) is 36.4 Å². The molecule has 3 aromatic rings. The third-order valence-corrected chi connectivity index (χ3v) is 4.16. The van der Waals surface area contributed by atoms with Crippen LogP contribution in [0.25, 0.3) is 10.2 Å². The highest BCUT2D eigenvalue weighted by Crippen LogP contribution is 2.19. The molecule has 0 aliphatic rings. The predicted octanol–water partition coefficient (Wildman–Crippen LogP) is 3.26. The van der Waals surface area contributed by atoms with Crippen molar-refractivity contribution in [2.45, 2.75) is 0 Å². The lowest BCUT2D eigenvalue weighted by Crippen LogP contribution is -2.13. The normalized spacial score (nSPS) is 12.0. The van der Waals surface area contributed by atoms with Crippen LogP contribution in [-0.2, 0) is 7.05 Å². The molecular formula is C15H10F2N2OS. The number of aryl methyl sites for hydroxylation is 1. The largest absolute Gasteiger partial charge is 0.317 e. The van der Waals surface area contributed by atoms with Gasteiger partial charge in [-0.15, -0.1) is 0 Å². The zero-order chi connectivity index (χ0) is 15.0. The van der Waals surface area contributed by atoms with Gasteiger partial charge in [-0.3, -0.25) is 4.79 Å². The molecule has 0 bridgehead atoms. The van der Waals surface area contributed by atoms with E-state index < -0.39 is 11.7 Å². The zero-order valence-corrected chi connectivity index (χ0v) is 11.8. The van der Waals surface area contributed by atoms with Gasteiger partial charge in [0, 0.05) is 12.6 Å². The predicted molar refractivity (Wildman–Crippen MR) is 77.0 cm³/mol. The molecular weight excluding hydrogens is 294 g/mol. The average molecular weight is 304 g/mol. The number of para-hydroxylation sites is 1. The lowest BCUT2D eigenvalue weighted by molar-refractivity contribution is 0.0998. The maximum atomic E-state index is 13.8. The highest BCUT2D eigenvalue weighted by Gasteiger charge is 2.09. The van der Waals surface area contributed by atoms with Crippen LogP contribution in [0.5, 0.6) is 0 Å². The summed E-state index contributed by atoms with van der Waals surface area (Å²) in [7, 11) is 1.65. The minimum absolute atomic E-state index is 0.286. The average Bonchev–Trinajstić information content (AvgIpc) is 2.77. The Hall–Kier alpha value is -2.34. The van der Waals surface area contributed by atoms with Crippen LogP contribution in [-0.4, -0.2) is 10.5 Å². The summed E-state index contributed by atoms with van der Waals surface area (Å²) in [4.78, 5) is 16.4. The molecule has 0 aliphatic heterocycles. The molecule has 0 saturated heterocycles. The van der Waals surface area contributed by atoms with Gasteiger partial charge in [-0.2, -0.15) is 4.99 Å². The highest BCUT2D eigenvalue weighted by atomic mass is 32.1. The zero-order valence-electron chi connectivity index (χ0n) is 11.0. The van der Waals surface area contributed by atoms with E-state index in [0.717, 1.165) is 0 Å². The number of halogens is 2. The molecule has 0 unspecified atom stereocenters. The monoisotopic (exact) mass is 304 g/mol. The van der Waals surface area contributed by atoms with Crippen molar-refractivity contribution in [3.05, 3.63) is 64.5 Å². The van der Waals surface area contributed by atoms with E-state index in [1.807, 2.05) is 0 Å². The first-order valence-corrected chi connectivity index (χ1v) is 6.96. The van der Waals surface area contributed by atoms with Crippen molar-refractivity contribution in [2.75, 3.05) is 0 Å². The molecule has 0 fully saturated rings. The maximum Gasteiger partial charge on any atom is 0.279 e. The van der Waals surface area contributed by atoms with Crippen LogP contribution in [0.3, 0.4) is 0 Å². The number of nitrogens with zero attached hydrogens (tertiary/aromatic N) is 2. The second-order valence-electron chi connectivity index (χ2n) is 4.45. The Morgan fingerprint density at radius 1 is 1.14 bits per heavy atom. The number of carbonyl (C=O) groups is 1. The number of carbonyl (C=O) groups excluding carboxylic acids is 1. The van der Waals surface area contributed by atoms with Crippen LogP contribution in [0, 0.1) is 11.6 Å². The van der Waals surface area contributed by atoms with Crippen molar-refractivity contribution in [1.82, 2.24) is 4.57 Å². The number of fused-ring (bicyclic) bond motifs is 1. The van der Waals surface area contributed by atoms with E-state index in [9.17, 15) is 13.6 Å². The molecule has 1 aromatic heterocycles. The smallest absolute Gasteiger partial charge is 0.279 e. The van der Waals surface area contributed by atoms with Crippen LogP contribution in [0.1, 0.15) is 10.4 Å². The van der Waals surface area contributed by atoms with E-state index in [0.29, 0.717) is 15.0 Å². The van der Waals surface area contributed by atoms with Crippen molar-refractivity contribution in [2.24, 2.45) is 12.0 Å². The van der Waals surface area contributed by atoms with Crippen molar-refractivity contribution < 1.29 is 13.6 Å². The summed E-state index contributed by atoms with van der Waals surface area (Å²) >= 11 is 1.23. The van der Waals surface area contributed by atoms with Gasteiger partial charge in [0.25, 0.3) is 5.91 Å². The molecule has 2 aromatic carbocycles. The summed E-state index contributed by atoms with van der Waals surface area (Å²) in [5.41, 5.74) is 0.697. The van der Waals surface area contributed by atoms with Gasteiger partial charge in [-0.25, -0.2) is 8.78 Å². The molecule has 106 valence electrons. The van der Waals surface area contributed by atoms with Gasteiger partial charge < -0.3 is 4.57 Å². The number of benzene rings is 2. The third kappa shape index (κ3) is 2.50. The summed E-state index contributed by atoms with van der Waals surface area (Å²) in [5.74, 6) is -1.26. The molecule has 21 heavy (non-hydrogen) atoms. The van der Waals surface area contributed by atoms with Crippen LogP contribution in [0.2, 0.25) is 0 Å². The molecule has 0 radical (unpaired) electrons. The van der Waals surface area contributed by atoms with E-state index in [4.69, 9.17) is 0 Å². The Kier molecular flexibility index (Phi) is 3.39. The highest BCUT2D eigenvalue weighted by molar-refractivity contribution is 7.16. The van der Waals surface area contributed by atoms with Gasteiger partial charge in [0.05, 0.1) is 10.2 Å². The maximum absolute atomic E-state index is 13.8. The van der Waals surface area contributed by atoms with E-state index in [1.54, 1.807) is 19.2 Å². The van der Waals surface area contributed by atoms with Crippen LogP contribution < -0.4 is 4.80 Å². The Balaban J connectivity index is 2.11. The first-order chi connectivity index (χ1) is 10.1. The van der Waals surface area contributed by atoms with Gasteiger partial charge in [0.2, 0.25) is 0 Å². The number of rotatable bonds is 1. The van der Waals surface area contributed by atoms with Gasteiger partial charge >= 0.3 is 0 Å². The molecule has 0 saturated carbocycles. The summed E-state index contributed by atoms with van der Waals surface area (Å²) in [6, 6.07) is 9.88. The molecule has 0 aliphatic carbocycles. The van der Waals surface area contributed by atoms with E-state index in [2.05, 4.69) is 4.99 Å². The molecule has 0 spiro atoms. The molecule has 0 N–H and O–H groups in total. The van der Waals surface area contributed by atoms with Crippen molar-refractivity contribution in [3.63, 3.8) is 0 Å². The topological polar surface area (TPSA) is 34.4 Å². The number of aromatic nitrogens is 1. The third-order valence-electron chi connectivity index (χ3n) is 3.06. The van der Waals surface area contributed by atoms with Crippen LogP contribution in [0.15, 0.2) is 47.5 Å². The molecule has 3 rings (SSSR count). The fourth-order valence-electron chi connectivity index (χ4n) is 2.01. The van der Waals surface area contributed by atoms with Crippen LogP contribution >= 0.6 is 11.3 Å². The fourth-order valence-corrected chi connectivity index (χ4v) is 3.04. The standard InChI is InChI=1S/C15H10F2N2OS/c1-19-13-11(17)3-2-4-12(13)21-15(19)18-14(20)9-5-7-10(16)8-6-9/h2-8H,1H3. The van der Waals surface area contributed by atoms with E-state index in [1.165, 1.54) is 46.2 Å². The van der Waals surface area contributed by atoms with E-state index in [-0.39, 0.29) is 11.4 Å². The van der Waals surface area contributed by atoms with Crippen LogP contribution in [0.4, 0.5) is 8.78 Å². The summed E-state index contributed by atoms with van der Waals surface area (Å²) in [5, 5.41) is 0. The van der Waals surface area contributed by atoms with Crippen molar-refractivity contribution in [3.8, 4) is 0 Å². The second kappa shape index (κ2) is 5.21. The first kappa shape index (κ1) is 13.6. The lowest BCUT2D eigenvalue weighted by atomic mass is 10.2. The summed E-state index contributed by atoms with van der Waals surface area (Å²) in [6.07, 6.45) is 0. The first-order valence-electron chi connectivity index (χ1n) is 6.15. The molecule has 3 nitrogen and oxygen atoms in total. The molecule has 1 amide bonds. The van der Waals surface area contributed by atoms with Gasteiger partial charge in [0.15, 0.2) is 4.80 Å². The number of thiazole rings is 1.